The number of rotatable bonds is 3. The Balaban J connectivity index is 1.77. The molecule has 3 rings (SSSR count). The highest BCUT2D eigenvalue weighted by atomic mass is 15.2. The van der Waals surface area contributed by atoms with E-state index in [1.54, 1.807) is 0 Å². The van der Waals surface area contributed by atoms with Crippen LogP contribution >= 0.6 is 0 Å². The van der Waals surface area contributed by atoms with E-state index in [9.17, 15) is 0 Å². The van der Waals surface area contributed by atoms with Crippen LogP contribution < -0.4 is 5.32 Å². The molecule has 19 heavy (non-hydrogen) atoms. The maximum Gasteiger partial charge on any atom is 0.203 e. The second-order valence-electron chi connectivity index (χ2n) is 5.38. The fraction of sp³-hybridized carbons (Fsp3) is 0.438. The number of benzene rings is 1. The molecular weight excluding hydrogens is 234 g/mol. The quantitative estimate of drug-likeness (QED) is 0.906. The van der Waals surface area contributed by atoms with Crippen molar-refractivity contribution in [3.8, 4) is 0 Å². The van der Waals surface area contributed by atoms with Gasteiger partial charge in [0.2, 0.25) is 5.95 Å². The Labute approximate surface area is 114 Å². The standard InChI is InChI=1S/C16H21N3/c1-3-4-13-5-7-14(8-6-13)15-9-10-19-11-12(2)17-16(19)18-15/h5-8,11,15H,3-4,9-10H2,1-2H3,(H,17,18). The average molecular weight is 255 g/mol. The Kier molecular flexibility index (Phi) is 3.28. The van der Waals surface area contributed by atoms with Crippen LogP contribution in [0, 0.1) is 6.92 Å². The first kappa shape index (κ1) is 12.3. The van der Waals surface area contributed by atoms with Gasteiger partial charge >= 0.3 is 0 Å². The number of fused-ring (bicyclic) bond motifs is 1. The molecule has 1 aliphatic heterocycles. The minimum Gasteiger partial charge on any atom is -0.349 e. The third-order valence-electron chi connectivity index (χ3n) is 3.78. The topological polar surface area (TPSA) is 29.9 Å². The van der Waals surface area contributed by atoms with Gasteiger partial charge in [-0.3, -0.25) is 0 Å². The number of nitrogens with one attached hydrogen (secondary N) is 1. The van der Waals surface area contributed by atoms with E-state index < -0.39 is 0 Å². The molecule has 0 spiro atoms. The molecule has 3 nitrogen and oxygen atoms in total. The molecule has 0 aliphatic carbocycles. The molecular formula is C16H21N3. The lowest BCUT2D eigenvalue weighted by Gasteiger charge is -2.25. The molecule has 1 aromatic carbocycles. The summed E-state index contributed by atoms with van der Waals surface area (Å²) in [7, 11) is 0. The number of hydrogen-bond acceptors (Lipinski definition) is 2. The number of aryl methyl sites for hydroxylation is 3. The fourth-order valence-electron chi connectivity index (χ4n) is 2.78. The summed E-state index contributed by atoms with van der Waals surface area (Å²) in [6, 6.07) is 9.42. The largest absolute Gasteiger partial charge is 0.349 e. The molecule has 0 saturated carbocycles. The highest BCUT2D eigenvalue weighted by Crippen LogP contribution is 2.28. The predicted molar refractivity (Wildman–Crippen MR) is 78.4 cm³/mol. The van der Waals surface area contributed by atoms with Gasteiger partial charge in [-0.2, -0.15) is 0 Å². The molecule has 100 valence electrons. The van der Waals surface area contributed by atoms with E-state index >= 15 is 0 Å². The first-order chi connectivity index (χ1) is 9.26. The van der Waals surface area contributed by atoms with Gasteiger partial charge in [0.05, 0.1) is 11.7 Å². The van der Waals surface area contributed by atoms with Crippen molar-refractivity contribution in [3.63, 3.8) is 0 Å². The van der Waals surface area contributed by atoms with Crippen LogP contribution in [0.4, 0.5) is 5.95 Å². The molecule has 0 saturated heterocycles. The van der Waals surface area contributed by atoms with E-state index in [0.717, 1.165) is 24.6 Å². The Morgan fingerprint density at radius 2 is 2.11 bits per heavy atom. The van der Waals surface area contributed by atoms with Crippen molar-refractivity contribution in [3.05, 3.63) is 47.3 Å². The van der Waals surface area contributed by atoms with Crippen molar-refractivity contribution in [1.82, 2.24) is 9.55 Å². The molecule has 1 atom stereocenters. The maximum absolute atomic E-state index is 4.53. The van der Waals surface area contributed by atoms with Gasteiger partial charge in [-0.15, -0.1) is 0 Å². The van der Waals surface area contributed by atoms with E-state index in [-0.39, 0.29) is 0 Å². The van der Waals surface area contributed by atoms with Crippen LogP contribution in [0.15, 0.2) is 30.5 Å². The minimum atomic E-state index is 0.393. The van der Waals surface area contributed by atoms with Crippen molar-refractivity contribution >= 4 is 5.95 Å². The predicted octanol–water partition coefficient (Wildman–Crippen LogP) is 3.70. The second kappa shape index (κ2) is 5.08. The Morgan fingerprint density at radius 1 is 1.32 bits per heavy atom. The minimum absolute atomic E-state index is 0.393. The monoisotopic (exact) mass is 255 g/mol. The van der Waals surface area contributed by atoms with Gasteiger partial charge in [0.1, 0.15) is 0 Å². The SMILES string of the molecule is CCCc1ccc(C2CCn3cc(C)nc3N2)cc1. The van der Waals surface area contributed by atoms with E-state index in [4.69, 9.17) is 0 Å². The summed E-state index contributed by atoms with van der Waals surface area (Å²) in [5.41, 5.74) is 3.88. The molecule has 0 fully saturated rings. The van der Waals surface area contributed by atoms with Gasteiger partial charge in [0.25, 0.3) is 0 Å². The van der Waals surface area contributed by atoms with Crippen LogP contribution in [-0.2, 0) is 13.0 Å². The van der Waals surface area contributed by atoms with E-state index in [1.165, 1.54) is 24.0 Å². The van der Waals surface area contributed by atoms with Crippen LogP contribution in [0.5, 0.6) is 0 Å². The van der Waals surface area contributed by atoms with Crippen LogP contribution in [0.3, 0.4) is 0 Å². The van der Waals surface area contributed by atoms with Crippen LogP contribution in [0.1, 0.15) is 42.6 Å². The summed E-state index contributed by atoms with van der Waals surface area (Å²) in [6.07, 6.45) is 5.61. The molecule has 1 aliphatic rings. The lowest BCUT2D eigenvalue weighted by molar-refractivity contribution is 0.542. The smallest absolute Gasteiger partial charge is 0.203 e. The number of anilines is 1. The Hall–Kier alpha value is -1.77. The lowest BCUT2D eigenvalue weighted by atomic mass is 10.00. The van der Waals surface area contributed by atoms with Crippen LogP contribution in [0.2, 0.25) is 0 Å². The molecule has 0 amide bonds. The molecule has 1 aromatic heterocycles. The average Bonchev–Trinajstić information content (AvgIpc) is 2.79. The molecule has 3 heteroatoms. The van der Waals surface area contributed by atoms with E-state index in [1.807, 2.05) is 6.92 Å². The molecule has 1 unspecified atom stereocenters. The number of imidazole rings is 1. The van der Waals surface area contributed by atoms with Crippen molar-refractivity contribution in [2.75, 3.05) is 5.32 Å². The molecule has 0 bridgehead atoms. The Bertz CT molecular complexity index is 554. The first-order valence-corrected chi connectivity index (χ1v) is 7.15. The second-order valence-corrected chi connectivity index (χ2v) is 5.38. The zero-order valence-electron chi connectivity index (χ0n) is 11.7. The van der Waals surface area contributed by atoms with E-state index in [2.05, 4.69) is 52.3 Å². The van der Waals surface area contributed by atoms with Crippen molar-refractivity contribution in [2.24, 2.45) is 0 Å². The van der Waals surface area contributed by atoms with Gasteiger partial charge in [0.15, 0.2) is 0 Å². The van der Waals surface area contributed by atoms with Gasteiger partial charge in [-0.25, -0.2) is 4.98 Å². The summed E-state index contributed by atoms with van der Waals surface area (Å²) >= 11 is 0. The Morgan fingerprint density at radius 3 is 2.84 bits per heavy atom. The lowest BCUT2D eigenvalue weighted by Crippen LogP contribution is -2.21. The molecule has 0 radical (unpaired) electrons. The number of nitrogens with zero attached hydrogens (tertiary/aromatic N) is 2. The van der Waals surface area contributed by atoms with E-state index in [0.29, 0.717) is 6.04 Å². The van der Waals surface area contributed by atoms with Gasteiger partial charge < -0.3 is 9.88 Å². The van der Waals surface area contributed by atoms with Gasteiger partial charge in [-0.05, 0) is 30.9 Å². The number of hydrogen-bond donors (Lipinski definition) is 1. The van der Waals surface area contributed by atoms with Crippen molar-refractivity contribution in [2.45, 2.75) is 45.7 Å². The summed E-state index contributed by atoms with van der Waals surface area (Å²) in [5.74, 6) is 1.01. The highest BCUT2D eigenvalue weighted by molar-refractivity contribution is 5.37. The van der Waals surface area contributed by atoms with Crippen LogP contribution in [-0.4, -0.2) is 9.55 Å². The van der Waals surface area contributed by atoms with Gasteiger partial charge in [-0.1, -0.05) is 37.6 Å². The molecule has 2 aromatic rings. The normalized spacial score (nSPS) is 17.9. The first-order valence-electron chi connectivity index (χ1n) is 7.15. The zero-order valence-corrected chi connectivity index (χ0v) is 11.7. The third-order valence-corrected chi connectivity index (χ3v) is 3.78. The highest BCUT2D eigenvalue weighted by Gasteiger charge is 2.20. The van der Waals surface area contributed by atoms with Gasteiger partial charge in [0, 0.05) is 12.7 Å². The van der Waals surface area contributed by atoms with Crippen LogP contribution in [0.25, 0.3) is 0 Å². The molecule has 2 heterocycles. The third kappa shape index (κ3) is 2.50. The fourth-order valence-corrected chi connectivity index (χ4v) is 2.78. The summed E-state index contributed by atoms with van der Waals surface area (Å²) in [5, 5.41) is 3.54. The number of aromatic nitrogens is 2. The summed E-state index contributed by atoms with van der Waals surface area (Å²) in [4.78, 5) is 4.53. The summed E-state index contributed by atoms with van der Waals surface area (Å²) in [6.45, 7) is 5.31. The van der Waals surface area contributed by atoms with Crippen molar-refractivity contribution < 1.29 is 0 Å². The molecule has 1 N–H and O–H groups in total. The summed E-state index contributed by atoms with van der Waals surface area (Å²) < 4.78 is 2.21. The van der Waals surface area contributed by atoms with Crippen molar-refractivity contribution in [1.29, 1.82) is 0 Å². The zero-order chi connectivity index (χ0) is 13.2. The maximum atomic E-state index is 4.53.